The molecule has 1 rings (SSSR count). The molecule has 6 heteroatoms. The molecule has 4 nitrogen and oxygen atoms in total. The highest BCUT2D eigenvalue weighted by Gasteiger charge is 2.19. The summed E-state index contributed by atoms with van der Waals surface area (Å²) < 4.78 is 5.21. The van der Waals surface area contributed by atoms with Crippen LogP contribution < -0.4 is 5.73 Å². The summed E-state index contributed by atoms with van der Waals surface area (Å²) >= 11 is 3.22. The molecule has 0 aromatic heterocycles. The van der Waals surface area contributed by atoms with Gasteiger partial charge in [0.2, 0.25) is 0 Å². The van der Waals surface area contributed by atoms with Crippen LogP contribution in [-0.4, -0.2) is 18.2 Å². The molecular formula is C9H11BrClNO3. The van der Waals surface area contributed by atoms with Gasteiger partial charge in [-0.25, -0.2) is 0 Å². The number of rotatable bonds is 2. The van der Waals surface area contributed by atoms with E-state index in [-0.39, 0.29) is 18.2 Å². The third-order valence-corrected chi connectivity index (χ3v) is 2.27. The lowest BCUT2D eigenvalue weighted by Gasteiger charge is -2.11. The molecule has 0 aliphatic carbocycles. The average Bonchev–Trinajstić information content (AvgIpc) is 2.19. The van der Waals surface area contributed by atoms with Crippen molar-refractivity contribution in [2.75, 3.05) is 7.11 Å². The normalized spacial score (nSPS) is 11.4. The van der Waals surface area contributed by atoms with Crippen molar-refractivity contribution >= 4 is 34.3 Å². The molecule has 0 amide bonds. The maximum atomic E-state index is 11.1. The molecule has 0 saturated heterocycles. The van der Waals surface area contributed by atoms with Gasteiger partial charge in [-0.2, -0.15) is 0 Å². The Morgan fingerprint density at radius 2 is 2.20 bits per heavy atom. The number of methoxy groups -OCH3 is 1. The topological polar surface area (TPSA) is 72.5 Å². The lowest BCUT2D eigenvalue weighted by Crippen LogP contribution is -2.22. The third-order valence-electron chi connectivity index (χ3n) is 1.78. The van der Waals surface area contributed by atoms with Crippen LogP contribution in [0.3, 0.4) is 0 Å². The van der Waals surface area contributed by atoms with Gasteiger partial charge in [-0.05, 0) is 18.2 Å². The standard InChI is InChI=1S/C9H10BrNO3.ClH/c1-14-9(13)8(11)6-4-5(10)2-3-7(6)12;/h2-4,8,12H,11H2,1H3;1H/t8-;/m1./s1. The number of phenolic OH excluding ortho intramolecular Hbond substituents is 1. The minimum Gasteiger partial charge on any atom is -0.508 e. The number of aromatic hydroxyl groups is 1. The Bertz CT molecular complexity index is 359. The first-order valence-corrected chi connectivity index (χ1v) is 4.67. The van der Waals surface area contributed by atoms with Crippen LogP contribution in [0.25, 0.3) is 0 Å². The van der Waals surface area contributed by atoms with Crippen LogP contribution in [0.1, 0.15) is 11.6 Å². The summed E-state index contributed by atoms with van der Waals surface area (Å²) in [6, 6.07) is 3.74. The summed E-state index contributed by atoms with van der Waals surface area (Å²) in [7, 11) is 1.25. The molecule has 0 unspecified atom stereocenters. The quantitative estimate of drug-likeness (QED) is 0.816. The fourth-order valence-corrected chi connectivity index (χ4v) is 1.41. The SMILES string of the molecule is COC(=O)[C@H](N)c1cc(Br)ccc1O.Cl. The van der Waals surface area contributed by atoms with Gasteiger partial charge in [-0.3, -0.25) is 4.79 Å². The van der Waals surface area contributed by atoms with Crippen LogP contribution in [0.4, 0.5) is 0 Å². The van der Waals surface area contributed by atoms with Gasteiger partial charge in [-0.15, -0.1) is 12.4 Å². The van der Waals surface area contributed by atoms with Gasteiger partial charge in [-0.1, -0.05) is 15.9 Å². The molecule has 0 spiro atoms. The highest BCUT2D eigenvalue weighted by atomic mass is 79.9. The van der Waals surface area contributed by atoms with Crippen LogP contribution in [0.5, 0.6) is 5.75 Å². The lowest BCUT2D eigenvalue weighted by atomic mass is 10.1. The second-order valence-electron chi connectivity index (χ2n) is 2.70. The molecule has 3 N–H and O–H groups in total. The van der Waals surface area contributed by atoms with Crippen LogP contribution in [-0.2, 0) is 9.53 Å². The Morgan fingerprint density at radius 3 is 2.73 bits per heavy atom. The van der Waals surface area contributed by atoms with Crippen LogP contribution in [0, 0.1) is 0 Å². The third kappa shape index (κ3) is 3.37. The lowest BCUT2D eigenvalue weighted by molar-refractivity contribution is -0.142. The zero-order chi connectivity index (χ0) is 10.7. The van der Waals surface area contributed by atoms with E-state index in [0.717, 1.165) is 4.47 Å². The van der Waals surface area contributed by atoms with E-state index < -0.39 is 12.0 Å². The molecule has 1 aromatic carbocycles. The molecule has 0 bridgehead atoms. The Balaban J connectivity index is 0.00000196. The summed E-state index contributed by atoms with van der Waals surface area (Å²) in [4.78, 5) is 11.1. The van der Waals surface area contributed by atoms with Crippen LogP contribution in [0.15, 0.2) is 22.7 Å². The molecule has 1 atom stereocenters. The molecule has 15 heavy (non-hydrogen) atoms. The smallest absolute Gasteiger partial charge is 0.327 e. The monoisotopic (exact) mass is 295 g/mol. The molecular weight excluding hydrogens is 285 g/mol. The highest BCUT2D eigenvalue weighted by Crippen LogP contribution is 2.26. The molecule has 0 fully saturated rings. The summed E-state index contributed by atoms with van der Waals surface area (Å²) in [6.07, 6.45) is 0. The number of halogens is 2. The van der Waals surface area contributed by atoms with Gasteiger partial charge < -0.3 is 15.6 Å². The van der Waals surface area contributed by atoms with Crippen molar-refractivity contribution in [3.8, 4) is 5.75 Å². The van der Waals surface area contributed by atoms with Crippen molar-refractivity contribution in [2.24, 2.45) is 5.73 Å². The molecule has 0 saturated carbocycles. The number of esters is 1. The van der Waals surface area contributed by atoms with Gasteiger partial charge in [0.1, 0.15) is 11.8 Å². The molecule has 1 aromatic rings. The summed E-state index contributed by atoms with van der Waals surface area (Å²) in [5.74, 6) is -0.607. The molecule has 0 heterocycles. The second-order valence-corrected chi connectivity index (χ2v) is 3.62. The van der Waals surface area contributed by atoms with Gasteiger partial charge in [0.15, 0.2) is 0 Å². The fourth-order valence-electron chi connectivity index (χ4n) is 1.03. The van der Waals surface area contributed by atoms with Crippen molar-refractivity contribution in [2.45, 2.75) is 6.04 Å². The van der Waals surface area contributed by atoms with Crippen LogP contribution >= 0.6 is 28.3 Å². The van der Waals surface area contributed by atoms with Crippen molar-refractivity contribution in [3.05, 3.63) is 28.2 Å². The van der Waals surface area contributed by atoms with Crippen molar-refractivity contribution in [1.82, 2.24) is 0 Å². The molecule has 84 valence electrons. The van der Waals surface area contributed by atoms with E-state index in [1.165, 1.54) is 13.2 Å². The number of hydrogen-bond acceptors (Lipinski definition) is 4. The van der Waals surface area contributed by atoms with E-state index in [0.29, 0.717) is 5.56 Å². The Hall–Kier alpha value is -0.780. The Labute approximate surface area is 102 Å². The van der Waals surface area contributed by atoms with E-state index >= 15 is 0 Å². The predicted octanol–water partition coefficient (Wildman–Crippen LogP) is 1.75. The van der Waals surface area contributed by atoms with E-state index in [9.17, 15) is 9.90 Å². The van der Waals surface area contributed by atoms with Crippen molar-refractivity contribution in [1.29, 1.82) is 0 Å². The summed E-state index contributed by atoms with van der Waals surface area (Å²) in [6.45, 7) is 0. The molecule has 0 aliphatic rings. The zero-order valence-corrected chi connectivity index (χ0v) is 10.3. The Kier molecular flexibility index (Phi) is 5.64. The van der Waals surface area contributed by atoms with Gasteiger partial charge in [0.05, 0.1) is 7.11 Å². The van der Waals surface area contributed by atoms with Crippen LogP contribution in [0.2, 0.25) is 0 Å². The molecule has 0 aliphatic heterocycles. The minimum absolute atomic E-state index is 0. The molecule has 0 radical (unpaired) electrons. The summed E-state index contributed by atoms with van der Waals surface area (Å²) in [5.41, 5.74) is 5.90. The first kappa shape index (κ1) is 14.2. The average molecular weight is 297 g/mol. The zero-order valence-electron chi connectivity index (χ0n) is 7.94. The number of carbonyl (C=O) groups excluding carboxylic acids is 1. The second kappa shape index (κ2) is 5.95. The number of ether oxygens (including phenoxy) is 1. The maximum absolute atomic E-state index is 11.1. The van der Waals surface area contributed by atoms with Gasteiger partial charge in [0, 0.05) is 10.0 Å². The van der Waals surface area contributed by atoms with Crippen molar-refractivity contribution in [3.63, 3.8) is 0 Å². The highest BCUT2D eigenvalue weighted by molar-refractivity contribution is 9.10. The number of hydrogen-bond donors (Lipinski definition) is 2. The van der Waals surface area contributed by atoms with E-state index in [4.69, 9.17) is 5.73 Å². The number of nitrogens with two attached hydrogens (primary N) is 1. The van der Waals surface area contributed by atoms with E-state index in [1.54, 1.807) is 12.1 Å². The van der Waals surface area contributed by atoms with Gasteiger partial charge in [0.25, 0.3) is 0 Å². The number of carbonyl (C=O) groups is 1. The van der Waals surface area contributed by atoms with E-state index in [2.05, 4.69) is 20.7 Å². The maximum Gasteiger partial charge on any atom is 0.327 e. The minimum atomic E-state index is -0.961. The number of benzene rings is 1. The summed E-state index contributed by atoms with van der Waals surface area (Å²) in [5, 5.41) is 9.44. The first-order chi connectivity index (χ1) is 6.56. The Morgan fingerprint density at radius 1 is 1.60 bits per heavy atom. The number of phenols is 1. The van der Waals surface area contributed by atoms with Crippen molar-refractivity contribution < 1.29 is 14.6 Å². The fraction of sp³-hybridized carbons (Fsp3) is 0.222. The predicted molar refractivity (Wildman–Crippen MR) is 62.0 cm³/mol. The largest absolute Gasteiger partial charge is 0.508 e. The van der Waals surface area contributed by atoms with E-state index in [1.807, 2.05) is 0 Å². The first-order valence-electron chi connectivity index (χ1n) is 3.88. The van der Waals surface area contributed by atoms with Gasteiger partial charge >= 0.3 is 5.97 Å².